The Hall–Kier alpha value is -0.193. The standard InChI is InChI=1S/C4H6O2.Li.H/c1-3-4(5)6-2;;/h3H,1H2,2H3;;/q;+1;-1. The van der Waals surface area contributed by atoms with Crippen LogP contribution in [0.1, 0.15) is 1.43 Å². The molecule has 7 heavy (non-hydrogen) atoms. The summed E-state index contributed by atoms with van der Waals surface area (Å²) in [5.41, 5.74) is 0. The van der Waals surface area contributed by atoms with Gasteiger partial charge in [0.15, 0.2) is 0 Å². The zero-order chi connectivity index (χ0) is 4.99. The third-order valence-corrected chi connectivity index (χ3v) is 0.368. The van der Waals surface area contributed by atoms with Gasteiger partial charge in [-0.15, -0.1) is 0 Å². The summed E-state index contributed by atoms with van der Waals surface area (Å²) in [5.74, 6) is -0.394. The van der Waals surface area contributed by atoms with Crippen molar-refractivity contribution in [3.63, 3.8) is 0 Å². The van der Waals surface area contributed by atoms with Crippen molar-refractivity contribution in [1.82, 2.24) is 0 Å². The van der Waals surface area contributed by atoms with E-state index in [1.807, 2.05) is 0 Å². The molecule has 0 aliphatic heterocycles. The molecule has 0 atom stereocenters. The van der Waals surface area contributed by atoms with Gasteiger partial charge in [0, 0.05) is 6.08 Å². The molecule has 0 rings (SSSR count). The van der Waals surface area contributed by atoms with Gasteiger partial charge in [-0.25, -0.2) is 4.79 Å². The average molecular weight is 94.0 g/mol. The average Bonchev–Trinajstić information content (AvgIpc) is 1.65. The number of methoxy groups -OCH3 is 1. The minimum atomic E-state index is -0.394. The van der Waals surface area contributed by atoms with Gasteiger partial charge >= 0.3 is 24.8 Å². The number of hydrogen-bond acceptors (Lipinski definition) is 2. The minimum Gasteiger partial charge on any atom is -1.00 e. The minimum absolute atomic E-state index is 0. The Morgan fingerprint density at radius 1 is 2.00 bits per heavy atom. The van der Waals surface area contributed by atoms with Gasteiger partial charge in [0.25, 0.3) is 0 Å². The largest absolute Gasteiger partial charge is 1.00 e. The molecule has 0 heterocycles. The first kappa shape index (κ1) is 9.93. The molecule has 0 aromatic carbocycles. The van der Waals surface area contributed by atoms with Gasteiger partial charge < -0.3 is 6.16 Å². The Bertz CT molecular complexity index is 74.4. The van der Waals surface area contributed by atoms with Gasteiger partial charge in [0.05, 0.1) is 7.11 Å². The van der Waals surface area contributed by atoms with E-state index < -0.39 is 5.97 Å². The van der Waals surface area contributed by atoms with E-state index in [2.05, 4.69) is 11.3 Å². The van der Waals surface area contributed by atoms with Crippen molar-refractivity contribution >= 4 is 5.97 Å². The molecule has 2 nitrogen and oxygen atoms in total. The van der Waals surface area contributed by atoms with Gasteiger partial charge in [-0.2, -0.15) is 0 Å². The van der Waals surface area contributed by atoms with E-state index in [1.54, 1.807) is 0 Å². The summed E-state index contributed by atoms with van der Waals surface area (Å²) >= 11 is 0. The number of carbonyl (C=O) groups is 1. The topological polar surface area (TPSA) is 26.3 Å². The van der Waals surface area contributed by atoms with Gasteiger partial charge in [0.2, 0.25) is 0 Å². The van der Waals surface area contributed by atoms with Crippen LogP contribution in [-0.4, -0.2) is 13.1 Å². The maximum atomic E-state index is 9.84. The van der Waals surface area contributed by atoms with E-state index in [-0.39, 0.29) is 20.3 Å². The van der Waals surface area contributed by atoms with Crippen LogP contribution in [0.3, 0.4) is 0 Å². The van der Waals surface area contributed by atoms with Crippen molar-refractivity contribution < 1.29 is 29.8 Å². The van der Waals surface area contributed by atoms with Crippen molar-refractivity contribution in [2.75, 3.05) is 7.11 Å². The van der Waals surface area contributed by atoms with E-state index in [9.17, 15) is 4.79 Å². The number of ether oxygens (including phenoxy) is 1. The Balaban J connectivity index is -0.000000125. The molecule has 0 fully saturated rings. The van der Waals surface area contributed by atoms with Crippen LogP contribution in [0.15, 0.2) is 12.7 Å². The third kappa shape index (κ3) is 5.81. The van der Waals surface area contributed by atoms with Crippen LogP contribution in [-0.2, 0) is 9.53 Å². The second-order valence-electron chi connectivity index (χ2n) is 0.727. The van der Waals surface area contributed by atoms with E-state index in [0.29, 0.717) is 0 Å². The number of esters is 1. The van der Waals surface area contributed by atoms with Crippen molar-refractivity contribution in [2.24, 2.45) is 0 Å². The summed E-state index contributed by atoms with van der Waals surface area (Å²) in [6, 6.07) is 0. The maximum absolute atomic E-state index is 9.84. The molecule has 36 valence electrons. The quantitative estimate of drug-likeness (QED) is 0.203. The molecule has 0 aliphatic rings. The number of carbonyl (C=O) groups excluding carboxylic acids is 1. The van der Waals surface area contributed by atoms with Crippen LogP contribution >= 0.6 is 0 Å². The number of hydrogen-bond donors (Lipinski definition) is 0. The second-order valence-corrected chi connectivity index (χ2v) is 0.727. The monoisotopic (exact) mass is 94.1 g/mol. The van der Waals surface area contributed by atoms with Crippen molar-refractivity contribution in [2.45, 2.75) is 0 Å². The van der Waals surface area contributed by atoms with Crippen molar-refractivity contribution in [3.8, 4) is 0 Å². The summed E-state index contributed by atoms with van der Waals surface area (Å²) in [4.78, 5) is 9.84. The fraction of sp³-hybridized carbons (Fsp3) is 0.250. The van der Waals surface area contributed by atoms with Gasteiger partial charge in [0.1, 0.15) is 0 Å². The molecule has 0 radical (unpaired) electrons. The molecule has 0 N–H and O–H groups in total. The number of rotatable bonds is 1. The molecule has 0 amide bonds. The zero-order valence-electron chi connectivity index (χ0n) is 5.60. The van der Waals surface area contributed by atoms with Crippen LogP contribution < -0.4 is 18.9 Å². The molecule has 0 unspecified atom stereocenters. The van der Waals surface area contributed by atoms with Gasteiger partial charge in [-0.05, 0) is 0 Å². The van der Waals surface area contributed by atoms with Crippen molar-refractivity contribution in [1.29, 1.82) is 0 Å². The first-order valence-corrected chi connectivity index (χ1v) is 1.51. The van der Waals surface area contributed by atoms with Crippen molar-refractivity contribution in [3.05, 3.63) is 12.7 Å². The van der Waals surface area contributed by atoms with Crippen LogP contribution in [0, 0.1) is 0 Å². The Morgan fingerprint density at radius 2 is 2.43 bits per heavy atom. The maximum Gasteiger partial charge on any atom is 1.00 e. The molecule has 0 spiro atoms. The summed E-state index contributed by atoms with van der Waals surface area (Å²) in [6.45, 7) is 3.16. The Morgan fingerprint density at radius 3 is 2.43 bits per heavy atom. The van der Waals surface area contributed by atoms with Crippen LogP contribution in [0.4, 0.5) is 0 Å². The fourth-order valence-electron chi connectivity index (χ4n) is 0.0833. The smallest absolute Gasteiger partial charge is 1.00 e. The molecule has 0 saturated carbocycles. The van der Waals surface area contributed by atoms with Crippen LogP contribution in [0.2, 0.25) is 0 Å². The predicted molar refractivity (Wildman–Crippen MR) is 23.3 cm³/mol. The molecule has 0 aliphatic carbocycles. The molecular weight excluding hydrogens is 87.0 g/mol. The van der Waals surface area contributed by atoms with Crippen LogP contribution in [0.25, 0.3) is 0 Å². The predicted octanol–water partition coefficient (Wildman–Crippen LogP) is -2.54. The SMILES string of the molecule is C=CC(=O)OC.[H-].[Li+]. The van der Waals surface area contributed by atoms with E-state index >= 15 is 0 Å². The zero-order valence-corrected chi connectivity index (χ0v) is 4.60. The van der Waals surface area contributed by atoms with E-state index in [0.717, 1.165) is 6.08 Å². The fourth-order valence-corrected chi connectivity index (χ4v) is 0.0833. The normalized spacial score (nSPS) is 5.86. The summed E-state index contributed by atoms with van der Waals surface area (Å²) in [6.07, 6.45) is 1.11. The molecule has 3 heteroatoms. The third-order valence-electron chi connectivity index (χ3n) is 0.368. The molecule has 0 aromatic heterocycles. The Labute approximate surface area is 56.2 Å². The first-order chi connectivity index (χ1) is 2.81. The van der Waals surface area contributed by atoms with Crippen LogP contribution in [0.5, 0.6) is 0 Å². The second kappa shape index (κ2) is 5.81. The summed E-state index contributed by atoms with van der Waals surface area (Å²) < 4.78 is 4.14. The summed E-state index contributed by atoms with van der Waals surface area (Å²) in [5, 5.41) is 0. The van der Waals surface area contributed by atoms with Gasteiger partial charge in [-0.3, -0.25) is 0 Å². The van der Waals surface area contributed by atoms with Gasteiger partial charge in [-0.1, -0.05) is 6.58 Å². The Kier molecular flexibility index (Phi) is 8.24. The molecule has 0 aromatic rings. The molecule has 0 bridgehead atoms. The first-order valence-electron chi connectivity index (χ1n) is 1.51. The summed E-state index contributed by atoms with van der Waals surface area (Å²) in [7, 11) is 1.31. The van der Waals surface area contributed by atoms with E-state index in [4.69, 9.17) is 0 Å². The molecule has 0 saturated heterocycles. The van der Waals surface area contributed by atoms with E-state index in [1.165, 1.54) is 7.11 Å². The molecular formula is C4H7LiO2.